The number of hydrogen-bond donors (Lipinski definition) is 2. The van der Waals surface area contributed by atoms with Gasteiger partial charge in [-0.3, -0.25) is 4.79 Å². The molecule has 8 heteroatoms. The Hall–Kier alpha value is -3.13. The monoisotopic (exact) mass is 442 g/mol. The van der Waals surface area contributed by atoms with E-state index in [1.165, 1.54) is 6.07 Å². The molecule has 0 aromatic heterocycles. The lowest BCUT2D eigenvalue weighted by Crippen LogP contribution is -2.45. The minimum atomic E-state index is -0.389. The Morgan fingerprint density at radius 3 is 2.47 bits per heavy atom. The van der Waals surface area contributed by atoms with Gasteiger partial charge >= 0.3 is 6.03 Å². The van der Waals surface area contributed by atoms with E-state index in [0.29, 0.717) is 31.0 Å². The third-order valence-corrected chi connectivity index (χ3v) is 5.23. The van der Waals surface area contributed by atoms with Gasteiger partial charge in [0.25, 0.3) is 0 Å². The van der Waals surface area contributed by atoms with Crippen LogP contribution in [0.2, 0.25) is 0 Å². The van der Waals surface area contributed by atoms with Crippen molar-refractivity contribution in [2.75, 3.05) is 36.9 Å². The molecule has 2 N–H and O–H groups in total. The van der Waals surface area contributed by atoms with Gasteiger partial charge in [0.1, 0.15) is 5.82 Å². The number of ether oxygens (including phenoxy) is 1. The molecule has 3 amide bonds. The molecule has 2 aromatic rings. The molecule has 2 unspecified atom stereocenters. The summed E-state index contributed by atoms with van der Waals surface area (Å²) < 4.78 is 20.4. The van der Waals surface area contributed by atoms with Gasteiger partial charge in [-0.2, -0.15) is 0 Å². The van der Waals surface area contributed by atoms with E-state index in [1.54, 1.807) is 24.1 Å². The molecule has 1 aliphatic rings. The van der Waals surface area contributed by atoms with Gasteiger partial charge in [0.15, 0.2) is 0 Å². The fourth-order valence-corrected chi connectivity index (χ4v) is 3.79. The number of amides is 3. The van der Waals surface area contributed by atoms with Crippen molar-refractivity contribution in [3.63, 3.8) is 0 Å². The highest BCUT2D eigenvalue weighted by Crippen LogP contribution is 2.26. The fourth-order valence-electron chi connectivity index (χ4n) is 3.79. The lowest BCUT2D eigenvalue weighted by atomic mass is 10.2. The SMILES string of the molecule is CC1CN(c2ccc(NC(=O)CCNC(=O)N(C)Cc3ccccc3)cc2F)CC(C)O1. The molecule has 0 spiro atoms. The summed E-state index contributed by atoms with van der Waals surface area (Å²) in [6.07, 6.45) is 0.145. The third kappa shape index (κ3) is 6.68. The molecule has 1 fully saturated rings. The van der Waals surface area contributed by atoms with Crippen LogP contribution in [0.5, 0.6) is 0 Å². The smallest absolute Gasteiger partial charge is 0.317 e. The number of hydrogen-bond acceptors (Lipinski definition) is 4. The summed E-state index contributed by atoms with van der Waals surface area (Å²) in [5.74, 6) is -0.684. The van der Waals surface area contributed by atoms with Crippen LogP contribution in [0.3, 0.4) is 0 Å². The highest BCUT2D eigenvalue weighted by atomic mass is 19.1. The van der Waals surface area contributed by atoms with Crippen molar-refractivity contribution in [3.8, 4) is 0 Å². The summed E-state index contributed by atoms with van der Waals surface area (Å²) in [4.78, 5) is 27.9. The van der Waals surface area contributed by atoms with Crippen LogP contribution in [-0.4, -0.2) is 55.7 Å². The van der Waals surface area contributed by atoms with E-state index < -0.39 is 0 Å². The highest BCUT2D eigenvalue weighted by Gasteiger charge is 2.24. The molecular weight excluding hydrogens is 411 g/mol. The Labute approximate surface area is 188 Å². The van der Waals surface area contributed by atoms with Crippen LogP contribution >= 0.6 is 0 Å². The molecule has 32 heavy (non-hydrogen) atoms. The van der Waals surface area contributed by atoms with Crippen LogP contribution in [0.4, 0.5) is 20.6 Å². The molecule has 0 saturated carbocycles. The molecule has 7 nitrogen and oxygen atoms in total. The van der Waals surface area contributed by atoms with Gasteiger partial charge in [-0.1, -0.05) is 30.3 Å². The van der Waals surface area contributed by atoms with E-state index in [0.717, 1.165) is 5.56 Å². The Bertz CT molecular complexity index is 915. The van der Waals surface area contributed by atoms with Gasteiger partial charge in [0.05, 0.1) is 17.9 Å². The molecule has 2 atom stereocenters. The van der Waals surface area contributed by atoms with Crippen molar-refractivity contribution in [3.05, 3.63) is 59.9 Å². The van der Waals surface area contributed by atoms with Crippen LogP contribution in [0.1, 0.15) is 25.8 Å². The number of carbonyl (C=O) groups is 2. The van der Waals surface area contributed by atoms with Crippen molar-refractivity contribution in [2.24, 2.45) is 0 Å². The van der Waals surface area contributed by atoms with Crippen LogP contribution < -0.4 is 15.5 Å². The van der Waals surface area contributed by atoms with Crippen molar-refractivity contribution >= 4 is 23.3 Å². The average Bonchev–Trinajstić information content (AvgIpc) is 2.73. The molecule has 0 radical (unpaired) electrons. The predicted molar refractivity (Wildman–Crippen MR) is 123 cm³/mol. The molecule has 172 valence electrons. The highest BCUT2D eigenvalue weighted by molar-refractivity contribution is 5.91. The van der Waals surface area contributed by atoms with Crippen LogP contribution in [0.15, 0.2) is 48.5 Å². The first-order chi connectivity index (χ1) is 15.3. The zero-order valence-corrected chi connectivity index (χ0v) is 18.8. The summed E-state index contributed by atoms with van der Waals surface area (Å²) in [5, 5.41) is 5.41. The summed E-state index contributed by atoms with van der Waals surface area (Å²) in [5.41, 5.74) is 1.91. The molecule has 1 saturated heterocycles. The normalized spacial score (nSPS) is 18.2. The minimum Gasteiger partial charge on any atom is -0.372 e. The average molecular weight is 443 g/mol. The lowest BCUT2D eigenvalue weighted by Gasteiger charge is -2.37. The van der Waals surface area contributed by atoms with Crippen molar-refractivity contribution in [1.82, 2.24) is 10.2 Å². The third-order valence-electron chi connectivity index (χ3n) is 5.23. The van der Waals surface area contributed by atoms with Crippen molar-refractivity contribution < 1.29 is 18.7 Å². The van der Waals surface area contributed by atoms with Gasteiger partial charge < -0.3 is 25.2 Å². The van der Waals surface area contributed by atoms with Crippen molar-refractivity contribution in [2.45, 2.75) is 39.0 Å². The van der Waals surface area contributed by atoms with Gasteiger partial charge in [-0.05, 0) is 37.6 Å². The number of carbonyl (C=O) groups excluding carboxylic acids is 2. The number of halogens is 1. The Kier molecular flexibility index (Phi) is 8.05. The Morgan fingerprint density at radius 2 is 1.81 bits per heavy atom. The molecule has 1 heterocycles. The van der Waals surface area contributed by atoms with E-state index in [1.807, 2.05) is 49.1 Å². The Balaban J connectivity index is 1.44. The molecule has 0 aliphatic carbocycles. The molecule has 3 rings (SSSR count). The van der Waals surface area contributed by atoms with Gasteiger partial charge in [0.2, 0.25) is 5.91 Å². The summed E-state index contributed by atoms with van der Waals surface area (Å²) in [6, 6.07) is 14.1. The van der Waals surface area contributed by atoms with E-state index in [4.69, 9.17) is 4.74 Å². The van der Waals surface area contributed by atoms with Gasteiger partial charge in [-0.25, -0.2) is 9.18 Å². The Morgan fingerprint density at radius 1 is 1.12 bits per heavy atom. The summed E-state index contributed by atoms with van der Waals surface area (Å²) >= 11 is 0. The summed E-state index contributed by atoms with van der Waals surface area (Å²) in [6.45, 7) is 5.83. The quantitative estimate of drug-likeness (QED) is 0.687. The number of benzene rings is 2. The minimum absolute atomic E-state index is 0.0273. The zero-order valence-electron chi connectivity index (χ0n) is 18.8. The van der Waals surface area contributed by atoms with Gasteiger partial charge in [-0.15, -0.1) is 0 Å². The molecular formula is C24H31FN4O3. The number of morpholine rings is 1. The first-order valence-corrected chi connectivity index (χ1v) is 10.8. The van der Waals surface area contributed by atoms with E-state index in [9.17, 15) is 14.0 Å². The second kappa shape index (κ2) is 10.9. The summed E-state index contributed by atoms with van der Waals surface area (Å²) in [7, 11) is 1.70. The van der Waals surface area contributed by atoms with E-state index in [-0.39, 0.29) is 42.9 Å². The number of rotatable bonds is 7. The number of anilines is 2. The predicted octanol–water partition coefficient (Wildman–Crippen LogP) is 3.61. The van der Waals surface area contributed by atoms with Crippen LogP contribution in [0.25, 0.3) is 0 Å². The first-order valence-electron chi connectivity index (χ1n) is 10.8. The standard InChI is InChI=1S/C24H31FN4O3/c1-17-14-29(15-18(2)32-17)22-10-9-20(13-21(22)25)27-23(30)11-12-26-24(31)28(3)16-19-7-5-4-6-8-19/h4-10,13,17-18H,11-12,14-16H2,1-3H3,(H,26,31)(H,27,30). The van der Waals surface area contributed by atoms with Crippen LogP contribution in [0, 0.1) is 5.82 Å². The second-order valence-electron chi connectivity index (χ2n) is 8.20. The van der Waals surface area contributed by atoms with E-state index >= 15 is 0 Å². The topological polar surface area (TPSA) is 73.9 Å². The lowest BCUT2D eigenvalue weighted by molar-refractivity contribution is -0.116. The molecule has 0 bridgehead atoms. The number of nitrogens with zero attached hydrogens (tertiary/aromatic N) is 2. The largest absolute Gasteiger partial charge is 0.372 e. The van der Waals surface area contributed by atoms with Gasteiger partial charge in [0, 0.05) is 45.3 Å². The number of urea groups is 1. The maximum Gasteiger partial charge on any atom is 0.317 e. The number of nitrogens with one attached hydrogen (secondary N) is 2. The fraction of sp³-hybridized carbons (Fsp3) is 0.417. The first kappa shape index (κ1) is 23.5. The molecule has 2 aromatic carbocycles. The van der Waals surface area contributed by atoms with E-state index in [2.05, 4.69) is 10.6 Å². The maximum absolute atomic E-state index is 14.7. The zero-order chi connectivity index (χ0) is 23.1. The van der Waals surface area contributed by atoms with Crippen molar-refractivity contribution in [1.29, 1.82) is 0 Å². The second-order valence-corrected chi connectivity index (χ2v) is 8.20. The maximum atomic E-state index is 14.7. The molecule has 1 aliphatic heterocycles. The van der Waals surface area contributed by atoms with Crippen LogP contribution in [-0.2, 0) is 16.1 Å².